The molecule has 1 aliphatic rings. The van der Waals surface area contributed by atoms with Crippen molar-refractivity contribution in [2.75, 3.05) is 0 Å². The Hall–Kier alpha value is -3.59. The smallest absolute Gasteiger partial charge is 0.248 e. The van der Waals surface area contributed by atoms with Crippen molar-refractivity contribution in [2.45, 2.75) is 38.7 Å². The van der Waals surface area contributed by atoms with E-state index in [1.807, 2.05) is 25.1 Å². The van der Waals surface area contributed by atoms with Crippen molar-refractivity contribution in [3.63, 3.8) is 0 Å². The molecule has 0 saturated heterocycles. The number of hydrogen-bond acceptors (Lipinski definition) is 5. The Morgan fingerprint density at radius 2 is 1.97 bits per heavy atom. The second-order valence-corrected chi connectivity index (χ2v) is 9.28. The highest BCUT2D eigenvalue weighted by Crippen LogP contribution is 2.43. The average molecular weight is 495 g/mol. The molecule has 6 rings (SSSR count). The van der Waals surface area contributed by atoms with E-state index in [0.717, 1.165) is 28.8 Å². The van der Waals surface area contributed by atoms with Crippen molar-refractivity contribution in [3.05, 3.63) is 59.8 Å². The van der Waals surface area contributed by atoms with Gasteiger partial charge in [-0.05, 0) is 30.2 Å². The Kier molecular flexibility index (Phi) is 5.17. The normalized spacial score (nSPS) is 15.5. The van der Waals surface area contributed by atoms with Gasteiger partial charge in [-0.1, -0.05) is 18.5 Å². The number of rotatable bonds is 6. The number of halogens is 3. The number of benzene rings is 2. The first-order valence-corrected chi connectivity index (χ1v) is 11.8. The van der Waals surface area contributed by atoms with Crippen molar-refractivity contribution in [3.8, 4) is 22.8 Å². The molecule has 0 aliphatic heterocycles. The molecule has 1 aliphatic carbocycles. The van der Waals surface area contributed by atoms with Gasteiger partial charge in [0.15, 0.2) is 0 Å². The van der Waals surface area contributed by atoms with Crippen molar-refractivity contribution in [2.24, 2.45) is 5.92 Å². The molecule has 5 aromatic rings. The highest BCUT2D eigenvalue weighted by atomic mass is 35.5. The standard InChI is InChI=1S/C25H21ClF2N6O/c1-2-22-31-17-4-3-16(7-19(17)32-22)35-21-6-5-18-24(23(21)26)33-20(11-29-18)15-10-30-34(13-15)12-14-8-25(27,28)9-14/h3-7,10-11,13-14H,2,8-9,12H2,1H3,(H,31,32). The molecule has 0 unspecified atom stereocenters. The van der Waals surface area contributed by atoms with Gasteiger partial charge in [0.1, 0.15) is 27.9 Å². The molecule has 2 aromatic carbocycles. The first-order valence-electron chi connectivity index (χ1n) is 11.4. The Morgan fingerprint density at radius 3 is 2.77 bits per heavy atom. The second kappa shape index (κ2) is 8.27. The van der Waals surface area contributed by atoms with Crippen molar-refractivity contribution < 1.29 is 13.5 Å². The number of aromatic amines is 1. The van der Waals surface area contributed by atoms with Crippen LogP contribution in [0.2, 0.25) is 5.02 Å². The minimum Gasteiger partial charge on any atom is -0.456 e. The van der Waals surface area contributed by atoms with E-state index in [2.05, 4.69) is 20.1 Å². The topological polar surface area (TPSA) is 81.5 Å². The fourth-order valence-electron chi connectivity index (χ4n) is 4.42. The van der Waals surface area contributed by atoms with Gasteiger partial charge in [-0.3, -0.25) is 9.67 Å². The third-order valence-corrected chi connectivity index (χ3v) is 6.60. The van der Waals surface area contributed by atoms with Crippen LogP contribution < -0.4 is 4.74 Å². The monoisotopic (exact) mass is 494 g/mol. The van der Waals surface area contributed by atoms with Crippen LogP contribution in [0.3, 0.4) is 0 Å². The summed E-state index contributed by atoms with van der Waals surface area (Å²) in [6, 6.07) is 9.20. The zero-order chi connectivity index (χ0) is 24.2. The zero-order valence-corrected chi connectivity index (χ0v) is 19.6. The van der Waals surface area contributed by atoms with Gasteiger partial charge in [0.05, 0.1) is 34.6 Å². The van der Waals surface area contributed by atoms with Crippen LogP contribution in [0.1, 0.15) is 25.6 Å². The summed E-state index contributed by atoms with van der Waals surface area (Å²) in [5.41, 5.74) is 4.23. The van der Waals surface area contributed by atoms with Gasteiger partial charge in [0.2, 0.25) is 5.92 Å². The van der Waals surface area contributed by atoms with Gasteiger partial charge in [0, 0.05) is 43.6 Å². The molecule has 0 amide bonds. The molecular formula is C25H21ClF2N6O. The third-order valence-electron chi connectivity index (χ3n) is 6.23. The van der Waals surface area contributed by atoms with Crippen LogP contribution in [0.15, 0.2) is 48.9 Å². The molecular weight excluding hydrogens is 474 g/mol. The van der Waals surface area contributed by atoms with Crippen molar-refractivity contribution in [1.29, 1.82) is 0 Å². The lowest BCUT2D eigenvalue weighted by Gasteiger charge is -2.34. The molecule has 1 N–H and O–H groups in total. The van der Waals surface area contributed by atoms with Crippen LogP contribution in [0.25, 0.3) is 33.3 Å². The highest BCUT2D eigenvalue weighted by molar-refractivity contribution is 6.36. The largest absolute Gasteiger partial charge is 0.456 e. The van der Waals surface area contributed by atoms with Crippen LogP contribution in [0.4, 0.5) is 8.78 Å². The molecule has 178 valence electrons. The first-order chi connectivity index (χ1) is 16.9. The molecule has 0 bridgehead atoms. The molecule has 3 heterocycles. The maximum atomic E-state index is 13.1. The molecule has 0 spiro atoms. The zero-order valence-electron chi connectivity index (χ0n) is 18.8. The Balaban J connectivity index is 1.26. The number of hydrogen-bond donors (Lipinski definition) is 1. The van der Waals surface area contributed by atoms with E-state index in [1.54, 1.807) is 35.4 Å². The van der Waals surface area contributed by atoms with Crippen LogP contribution in [-0.2, 0) is 13.0 Å². The van der Waals surface area contributed by atoms with E-state index in [4.69, 9.17) is 21.3 Å². The van der Waals surface area contributed by atoms with Crippen molar-refractivity contribution in [1.82, 2.24) is 29.7 Å². The number of aryl methyl sites for hydroxylation is 1. The van der Waals surface area contributed by atoms with Gasteiger partial charge >= 0.3 is 0 Å². The fraction of sp³-hybridized carbons (Fsp3) is 0.280. The summed E-state index contributed by atoms with van der Waals surface area (Å²) in [4.78, 5) is 17.0. The minimum atomic E-state index is -2.54. The number of ether oxygens (including phenoxy) is 1. The van der Waals surface area contributed by atoms with E-state index < -0.39 is 5.92 Å². The quantitative estimate of drug-likeness (QED) is 0.294. The third kappa shape index (κ3) is 4.20. The van der Waals surface area contributed by atoms with Gasteiger partial charge in [-0.2, -0.15) is 5.10 Å². The van der Waals surface area contributed by atoms with Crippen LogP contribution in [0, 0.1) is 5.92 Å². The number of alkyl halides is 2. The molecule has 3 aromatic heterocycles. The average Bonchev–Trinajstić information content (AvgIpc) is 3.46. The summed E-state index contributed by atoms with van der Waals surface area (Å²) in [6.07, 6.45) is 5.73. The first kappa shape index (κ1) is 21.9. The maximum absolute atomic E-state index is 13.1. The van der Waals surface area contributed by atoms with Gasteiger partial charge < -0.3 is 9.72 Å². The minimum absolute atomic E-state index is 0.0656. The number of aromatic nitrogens is 6. The summed E-state index contributed by atoms with van der Waals surface area (Å²) in [5, 5.41) is 4.66. The summed E-state index contributed by atoms with van der Waals surface area (Å²) in [6.45, 7) is 2.50. The predicted molar refractivity (Wildman–Crippen MR) is 129 cm³/mol. The Bertz CT molecular complexity index is 1550. The Morgan fingerprint density at radius 1 is 1.14 bits per heavy atom. The van der Waals surface area contributed by atoms with Gasteiger partial charge in [0.25, 0.3) is 0 Å². The lowest BCUT2D eigenvalue weighted by molar-refractivity contribution is -0.114. The molecule has 35 heavy (non-hydrogen) atoms. The van der Waals surface area contributed by atoms with E-state index in [0.29, 0.717) is 39.8 Å². The number of H-pyrrole nitrogens is 1. The molecule has 7 nitrogen and oxygen atoms in total. The maximum Gasteiger partial charge on any atom is 0.248 e. The SMILES string of the molecule is CCc1nc2ccc(Oc3ccc4ncc(-c5cnn(CC6CC(F)(F)C6)c5)nc4c3Cl)cc2[nH]1. The molecule has 1 saturated carbocycles. The number of nitrogens with one attached hydrogen (secondary N) is 1. The summed E-state index contributed by atoms with van der Waals surface area (Å²) in [5.74, 6) is -0.607. The van der Waals surface area contributed by atoms with Gasteiger partial charge in [-0.25, -0.2) is 18.7 Å². The van der Waals surface area contributed by atoms with Crippen LogP contribution in [-0.4, -0.2) is 35.6 Å². The van der Waals surface area contributed by atoms with E-state index >= 15 is 0 Å². The fourth-order valence-corrected chi connectivity index (χ4v) is 4.66. The number of imidazole rings is 1. The van der Waals surface area contributed by atoms with Crippen molar-refractivity contribution >= 4 is 33.7 Å². The second-order valence-electron chi connectivity index (χ2n) is 8.90. The van der Waals surface area contributed by atoms with E-state index in [1.165, 1.54) is 0 Å². The summed E-state index contributed by atoms with van der Waals surface area (Å²) < 4.78 is 34.0. The molecule has 1 fully saturated rings. The van der Waals surface area contributed by atoms with Gasteiger partial charge in [-0.15, -0.1) is 0 Å². The predicted octanol–water partition coefficient (Wildman–Crippen LogP) is 6.42. The van der Waals surface area contributed by atoms with Crippen LogP contribution in [0.5, 0.6) is 11.5 Å². The lowest BCUT2D eigenvalue weighted by Crippen LogP contribution is -2.37. The van der Waals surface area contributed by atoms with Crippen LogP contribution >= 0.6 is 11.6 Å². The number of fused-ring (bicyclic) bond motifs is 2. The molecule has 10 heteroatoms. The summed E-state index contributed by atoms with van der Waals surface area (Å²) >= 11 is 6.68. The van der Waals surface area contributed by atoms with E-state index in [9.17, 15) is 8.78 Å². The lowest BCUT2D eigenvalue weighted by atomic mass is 9.81. The Labute approximate surface area is 204 Å². The highest BCUT2D eigenvalue weighted by Gasteiger charge is 2.45. The van der Waals surface area contributed by atoms with E-state index in [-0.39, 0.29) is 18.8 Å². The molecule has 0 atom stereocenters. The number of nitrogens with zero attached hydrogens (tertiary/aromatic N) is 5. The molecule has 0 radical (unpaired) electrons. The summed E-state index contributed by atoms with van der Waals surface area (Å²) in [7, 11) is 0.